The van der Waals surface area contributed by atoms with Crippen LogP contribution in [0.1, 0.15) is 0 Å². The van der Waals surface area contributed by atoms with Crippen LogP contribution >= 0.6 is 27.5 Å². The Morgan fingerprint density at radius 1 is 0.947 bits per heavy atom. The standard InChI is InChI=1S/C15H9BrClNO/c16-12-9-5-4-8-11(12)14-13(18-15(17)19-14)10-6-2-1-3-7-10/h1-9H. The summed E-state index contributed by atoms with van der Waals surface area (Å²) in [5.41, 5.74) is 2.65. The fraction of sp³-hybridized carbons (Fsp3) is 0. The maximum atomic E-state index is 5.92. The summed E-state index contributed by atoms with van der Waals surface area (Å²) >= 11 is 9.44. The molecule has 0 bridgehead atoms. The molecular formula is C15H9BrClNO. The molecule has 2 nitrogen and oxygen atoms in total. The van der Waals surface area contributed by atoms with Crippen LogP contribution in [0.15, 0.2) is 63.5 Å². The zero-order chi connectivity index (χ0) is 13.2. The highest BCUT2D eigenvalue weighted by molar-refractivity contribution is 9.10. The van der Waals surface area contributed by atoms with E-state index in [4.69, 9.17) is 16.0 Å². The van der Waals surface area contributed by atoms with Crippen LogP contribution in [0.4, 0.5) is 0 Å². The average Bonchev–Trinajstić information content (AvgIpc) is 2.82. The smallest absolute Gasteiger partial charge is 0.293 e. The van der Waals surface area contributed by atoms with Gasteiger partial charge in [0, 0.05) is 15.6 Å². The quantitative estimate of drug-likeness (QED) is 0.625. The lowest BCUT2D eigenvalue weighted by molar-refractivity contribution is 0.574. The number of hydrogen-bond donors (Lipinski definition) is 0. The first-order valence-corrected chi connectivity index (χ1v) is 6.89. The van der Waals surface area contributed by atoms with Crippen molar-refractivity contribution in [2.75, 3.05) is 0 Å². The molecule has 19 heavy (non-hydrogen) atoms. The number of rotatable bonds is 2. The number of nitrogens with zero attached hydrogens (tertiary/aromatic N) is 1. The largest absolute Gasteiger partial charge is 0.427 e. The predicted molar refractivity (Wildman–Crippen MR) is 80.1 cm³/mol. The van der Waals surface area contributed by atoms with Gasteiger partial charge in [-0.3, -0.25) is 0 Å². The fourth-order valence-corrected chi connectivity index (χ4v) is 2.54. The zero-order valence-electron chi connectivity index (χ0n) is 9.81. The molecule has 0 atom stereocenters. The Kier molecular flexibility index (Phi) is 3.40. The van der Waals surface area contributed by atoms with Gasteiger partial charge in [-0.15, -0.1) is 0 Å². The number of halogens is 2. The summed E-state index contributed by atoms with van der Waals surface area (Å²) < 4.78 is 6.50. The number of oxazole rings is 1. The summed E-state index contributed by atoms with van der Waals surface area (Å²) in [6.45, 7) is 0. The molecule has 0 saturated heterocycles. The summed E-state index contributed by atoms with van der Waals surface area (Å²) in [4.78, 5) is 4.28. The molecule has 1 heterocycles. The van der Waals surface area contributed by atoms with Crippen molar-refractivity contribution in [1.82, 2.24) is 4.98 Å². The van der Waals surface area contributed by atoms with E-state index >= 15 is 0 Å². The minimum atomic E-state index is 0.143. The Balaban J connectivity index is 2.21. The lowest BCUT2D eigenvalue weighted by atomic mass is 10.1. The molecule has 2 aromatic carbocycles. The van der Waals surface area contributed by atoms with Crippen LogP contribution in [-0.4, -0.2) is 4.98 Å². The van der Waals surface area contributed by atoms with Gasteiger partial charge >= 0.3 is 0 Å². The Labute approximate surface area is 124 Å². The molecule has 1 aromatic heterocycles. The third-order valence-corrected chi connectivity index (χ3v) is 3.62. The van der Waals surface area contributed by atoms with Gasteiger partial charge in [-0.25, -0.2) is 0 Å². The SMILES string of the molecule is Clc1nc(-c2ccccc2)c(-c2ccccc2Br)o1. The Morgan fingerprint density at radius 3 is 2.37 bits per heavy atom. The van der Waals surface area contributed by atoms with E-state index in [0.717, 1.165) is 21.3 Å². The van der Waals surface area contributed by atoms with Gasteiger partial charge in [0.25, 0.3) is 5.35 Å². The van der Waals surface area contributed by atoms with Crippen molar-refractivity contribution < 1.29 is 4.42 Å². The molecule has 3 rings (SSSR count). The van der Waals surface area contributed by atoms with E-state index in [1.54, 1.807) is 0 Å². The molecule has 0 aliphatic rings. The van der Waals surface area contributed by atoms with Gasteiger partial charge in [0.1, 0.15) is 5.69 Å². The van der Waals surface area contributed by atoms with Crippen LogP contribution in [0.25, 0.3) is 22.6 Å². The molecule has 3 aromatic rings. The Hall–Kier alpha value is -1.58. The predicted octanol–water partition coefficient (Wildman–Crippen LogP) is 5.42. The van der Waals surface area contributed by atoms with Crippen LogP contribution in [0, 0.1) is 0 Å². The molecular weight excluding hydrogens is 326 g/mol. The van der Waals surface area contributed by atoms with Crippen LogP contribution in [0.5, 0.6) is 0 Å². The topological polar surface area (TPSA) is 26.0 Å². The van der Waals surface area contributed by atoms with E-state index < -0.39 is 0 Å². The highest BCUT2D eigenvalue weighted by atomic mass is 79.9. The third-order valence-electron chi connectivity index (χ3n) is 2.77. The summed E-state index contributed by atoms with van der Waals surface area (Å²) in [5, 5.41) is 0.143. The molecule has 0 aliphatic heterocycles. The van der Waals surface area contributed by atoms with Crippen LogP contribution in [0.3, 0.4) is 0 Å². The van der Waals surface area contributed by atoms with E-state index in [1.807, 2.05) is 54.6 Å². The van der Waals surface area contributed by atoms with Crippen LogP contribution in [0.2, 0.25) is 5.35 Å². The lowest BCUT2D eigenvalue weighted by Crippen LogP contribution is -1.83. The van der Waals surface area contributed by atoms with Crippen LogP contribution < -0.4 is 0 Å². The molecule has 0 amide bonds. The second-order valence-corrected chi connectivity index (χ2v) is 5.17. The van der Waals surface area contributed by atoms with Crippen molar-refractivity contribution in [3.05, 3.63) is 64.4 Å². The Morgan fingerprint density at radius 2 is 1.63 bits per heavy atom. The first kappa shape index (κ1) is 12.5. The van der Waals surface area contributed by atoms with Crippen LogP contribution in [-0.2, 0) is 0 Å². The van der Waals surface area contributed by atoms with Crippen molar-refractivity contribution in [1.29, 1.82) is 0 Å². The van der Waals surface area contributed by atoms with E-state index in [9.17, 15) is 0 Å². The van der Waals surface area contributed by atoms with Gasteiger partial charge in [0.05, 0.1) is 0 Å². The van der Waals surface area contributed by atoms with Gasteiger partial charge in [0.2, 0.25) is 0 Å². The summed E-state index contributed by atoms with van der Waals surface area (Å²) in [6.07, 6.45) is 0. The highest BCUT2D eigenvalue weighted by Gasteiger charge is 2.17. The maximum Gasteiger partial charge on any atom is 0.293 e. The van der Waals surface area contributed by atoms with Crippen molar-refractivity contribution in [2.24, 2.45) is 0 Å². The van der Waals surface area contributed by atoms with Crippen molar-refractivity contribution in [2.45, 2.75) is 0 Å². The summed E-state index contributed by atoms with van der Waals surface area (Å²) in [7, 11) is 0. The maximum absolute atomic E-state index is 5.92. The summed E-state index contributed by atoms with van der Waals surface area (Å²) in [6, 6.07) is 17.7. The van der Waals surface area contributed by atoms with Gasteiger partial charge in [-0.1, -0.05) is 64.5 Å². The normalized spacial score (nSPS) is 10.6. The second-order valence-electron chi connectivity index (χ2n) is 3.99. The molecule has 0 radical (unpaired) electrons. The van der Waals surface area contributed by atoms with Gasteiger partial charge in [-0.05, 0) is 17.7 Å². The Bertz CT molecular complexity index is 709. The average molecular weight is 335 g/mol. The molecule has 94 valence electrons. The molecule has 0 N–H and O–H groups in total. The molecule has 0 unspecified atom stereocenters. The second kappa shape index (κ2) is 5.19. The highest BCUT2D eigenvalue weighted by Crippen LogP contribution is 2.37. The van der Waals surface area contributed by atoms with Crippen molar-refractivity contribution in [3.8, 4) is 22.6 Å². The van der Waals surface area contributed by atoms with Crippen molar-refractivity contribution in [3.63, 3.8) is 0 Å². The minimum absolute atomic E-state index is 0.143. The van der Waals surface area contributed by atoms with Gasteiger partial charge in [0.15, 0.2) is 5.76 Å². The molecule has 0 spiro atoms. The first-order chi connectivity index (χ1) is 9.25. The van der Waals surface area contributed by atoms with E-state index in [0.29, 0.717) is 5.76 Å². The van der Waals surface area contributed by atoms with Crippen molar-refractivity contribution >= 4 is 27.5 Å². The number of aromatic nitrogens is 1. The summed E-state index contributed by atoms with van der Waals surface area (Å²) in [5.74, 6) is 0.670. The third kappa shape index (κ3) is 2.44. The van der Waals surface area contributed by atoms with Gasteiger partial charge < -0.3 is 4.42 Å². The molecule has 0 saturated carbocycles. The van der Waals surface area contributed by atoms with E-state index in [2.05, 4.69) is 20.9 Å². The first-order valence-electron chi connectivity index (χ1n) is 5.72. The minimum Gasteiger partial charge on any atom is -0.427 e. The number of hydrogen-bond acceptors (Lipinski definition) is 2. The fourth-order valence-electron chi connectivity index (χ4n) is 1.91. The molecule has 4 heteroatoms. The van der Waals surface area contributed by atoms with E-state index in [-0.39, 0.29) is 5.35 Å². The molecule has 0 aliphatic carbocycles. The lowest BCUT2D eigenvalue weighted by Gasteiger charge is -2.03. The monoisotopic (exact) mass is 333 g/mol. The van der Waals surface area contributed by atoms with E-state index in [1.165, 1.54) is 0 Å². The number of benzene rings is 2. The zero-order valence-corrected chi connectivity index (χ0v) is 12.1. The van der Waals surface area contributed by atoms with Gasteiger partial charge in [-0.2, -0.15) is 4.98 Å². The molecule has 0 fully saturated rings.